The highest BCUT2D eigenvalue weighted by Gasteiger charge is 2.51. The lowest BCUT2D eigenvalue weighted by atomic mass is 10.0. The third-order valence-corrected chi connectivity index (χ3v) is 3.96. The van der Waals surface area contributed by atoms with Gasteiger partial charge in [-0.25, -0.2) is 9.69 Å². The van der Waals surface area contributed by atoms with E-state index in [2.05, 4.69) is 0 Å². The van der Waals surface area contributed by atoms with Crippen LogP contribution in [0.15, 0.2) is 18.2 Å². The number of urea groups is 1. The van der Waals surface area contributed by atoms with Crippen LogP contribution in [0.1, 0.15) is 38.3 Å². The standard InChI is InChI=1S/C16H16F3N3O2/c1-4-7-21-14(24)22(13(23)15(21,2)3)11-6-5-10(9-20)12(8-11)16(17,18)19/h5-6,8H,4,7H2,1-3H3. The van der Waals surface area contributed by atoms with Crippen molar-refractivity contribution >= 4 is 17.6 Å². The maximum atomic E-state index is 13.1. The van der Waals surface area contributed by atoms with E-state index in [-0.39, 0.29) is 5.69 Å². The Morgan fingerprint density at radius 3 is 2.38 bits per heavy atom. The zero-order chi connectivity index (χ0) is 18.3. The van der Waals surface area contributed by atoms with Gasteiger partial charge in [-0.15, -0.1) is 0 Å². The number of anilines is 1. The fourth-order valence-electron chi connectivity index (χ4n) is 2.67. The third-order valence-electron chi connectivity index (χ3n) is 3.96. The van der Waals surface area contributed by atoms with E-state index in [1.54, 1.807) is 13.8 Å². The third kappa shape index (κ3) is 2.70. The number of benzene rings is 1. The number of alkyl halides is 3. The monoisotopic (exact) mass is 339 g/mol. The summed E-state index contributed by atoms with van der Waals surface area (Å²) in [7, 11) is 0. The van der Waals surface area contributed by atoms with Crippen molar-refractivity contribution in [2.24, 2.45) is 0 Å². The molecule has 0 aromatic heterocycles. The van der Waals surface area contributed by atoms with Gasteiger partial charge in [-0.1, -0.05) is 6.92 Å². The second-order valence-corrected chi connectivity index (χ2v) is 5.97. The van der Waals surface area contributed by atoms with Crippen LogP contribution in [0.2, 0.25) is 0 Å². The van der Waals surface area contributed by atoms with E-state index in [0.29, 0.717) is 19.0 Å². The van der Waals surface area contributed by atoms with Gasteiger partial charge in [0.25, 0.3) is 5.91 Å². The van der Waals surface area contributed by atoms with Crippen molar-refractivity contribution in [3.8, 4) is 6.07 Å². The molecule has 0 bridgehead atoms. The minimum Gasteiger partial charge on any atom is -0.310 e. The molecule has 0 aliphatic carbocycles. The average molecular weight is 339 g/mol. The van der Waals surface area contributed by atoms with Gasteiger partial charge in [0.05, 0.1) is 22.9 Å². The number of amides is 3. The van der Waals surface area contributed by atoms with Crippen molar-refractivity contribution in [2.45, 2.75) is 38.9 Å². The summed E-state index contributed by atoms with van der Waals surface area (Å²) in [5.74, 6) is -0.598. The van der Waals surface area contributed by atoms with Crippen LogP contribution in [-0.2, 0) is 11.0 Å². The van der Waals surface area contributed by atoms with Gasteiger partial charge in [-0.3, -0.25) is 4.79 Å². The summed E-state index contributed by atoms with van der Waals surface area (Å²) < 4.78 is 39.3. The van der Waals surface area contributed by atoms with Gasteiger partial charge < -0.3 is 4.90 Å². The van der Waals surface area contributed by atoms with Crippen molar-refractivity contribution in [2.75, 3.05) is 11.4 Å². The molecule has 0 atom stereocenters. The number of imide groups is 1. The van der Waals surface area contributed by atoms with E-state index in [1.165, 1.54) is 17.0 Å². The molecule has 0 unspecified atom stereocenters. The molecule has 0 spiro atoms. The lowest BCUT2D eigenvalue weighted by Gasteiger charge is -2.27. The Morgan fingerprint density at radius 2 is 1.88 bits per heavy atom. The van der Waals surface area contributed by atoms with E-state index >= 15 is 0 Å². The van der Waals surface area contributed by atoms with Gasteiger partial charge in [-0.05, 0) is 38.5 Å². The maximum absolute atomic E-state index is 13.1. The normalized spacial score (nSPS) is 17.4. The summed E-state index contributed by atoms with van der Waals surface area (Å²) in [6.07, 6.45) is -4.15. The van der Waals surface area contributed by atoms with Crippen molar-refractivity contribution in [3.63, 3.8) is 0 Å². The first-order chi connectivity index (χ1) is 11.1. The van der Waals surface area contributed by atoms with E-state index in [9.17, 15) is 22.8 Å². The molecule has 24 heavy (non-hydrogen) atoms. The van der Waals surface area contributed by atoms with Crippen LogP contribution >= 0.6 is 0 Å². The second kappa shape index (κ2) is 5.82. The fraction of sp³-hybridized carbons (Fsp3) is 0.438. The largest absolute Gasteiger partial charge is 0.417 e. The first kappa shape index (κ1) is 17.8. The predicted octanol–water partition coefficient (Wildman–Crippen LogP) is 3.53. The molecule has 0 N–H and O–H groups in total. The quantitative estimate of drug-likeness (QED) is 0.791. The Kier molecular flexibility index (Phi) is 4.31. The highest BCUT2D eigenvalue weighted by atomic mass is 19.4. The Labute approximate surface area is 137 Å². The van der Waals surface area contributed by atoms with Crippen molar-refractivity contribution in [1.82, 2.24) is 4.90 Å². The Morgan fingerprint density at radius 1 is 1.25 bits per heavy atom. The number of halogens is 3. The summed E-state index contributed by atoms with van der Waals surface area (Å²) in [4.78, 5) is 27.2. The highest BCUT2D eigenvalue weighted by molar-refractivity contribution is 6.23. The Bertz CT molecular complexity index is 735. The van der Waals surface area contributed by atoms with Crippen molar-refractivity contribution in [3.05, 3.63) is 29.3 Å². The number of hydrogen-bond donors (Lipinski definition) is 0. The highest BCUT2D eigenvalue weighted by Crippen LogP contribution is 2.37. The van der Waals surface area contributed by atoms with E-state index in [4.69, 9.17) is 5.26 Å². The molecule has 3 amide bonds. The smallest absolute Gasteiger partial charge is 0.310 e. The first-order valence-corrected chi connectivity index (χ1v) is 7.33. The van der Waals surface area contributed by atoms with Crippen LogP contribution in [0.4, 0.5) is 23.7 Å². The maximum Gasteiger partial charge on any atom is 0.417 e. The fourth-order valence-corrected chi connectivity index (χ4v) is 2.67. The second-order valence-electron chi connectivity index (χ2n) is 5.97. The van der Waals surface area contributed by atoms with E-state index in [1.807, 2.05) is 6.92 Å². The summed E-state index contributed by atoms with van der Waals surface area (Å²) in [6.45, 7) is 5.25. The average Bonchev–Trinajstić information content (AvgIpc) is 2.66. The molecular weight excluding hydrogens is 323 g/mol. The lowest BCUT2D eigenvalue weighted by Crippen LogP contribution is -2.44. The van der Waals surface area contributed by atoms with Crippen LogP contribution in [0, 0.1) is 11.3 Å². The van der Waals surface area contributed by atoms with Gasteiger partial charge >= 0.3 is 12.2 Å². The molecule has 0 saturated carbocycles. The zero-order valence-electron chi connectivity index (χ0n) is 13.4. The van der Waals surface area contributed by atoms with Gasteiger partial charge in [0.1, 0.15) is 5.54 Å². The van der Waals surface area contributed by atoms with Crippen LogP contribution in [0.3, 0.4) is 0 Å². The molecule has 1 aromatic rings. The molecule has 1 heterocycles. The Balaban J connectivity index is 2.55. The molecule has 1 aliphatic rings. The summed E-state index contributed by atoms with van der Waals surface area (Å²) in [6, 6.07) is 3.62. The number of nitrogens with zero attached hydrogens (tertiary/aromatic N) is 3. The molecule has 1 aromatic carbocycles. The summed E-state index contributed by atoms with van der Waals surface area (Å²) in [5.41, 5.74) is -3.06. The van der Waals surface area contributed by atoms with Crippen LogP contribution in [-0.4, -0.2) is 28.9 Å². The van der Waals surface area contributed by atoms with Crippen LogP contribution < -0.4 is 4.90 Å². The lowest BCUT2D eigenvalue weighted by molar-refractivity contribution is -0.137. The van der Waals surface area contributed by atoms with Crippen LogP contribution in [0.25, 0.3) is 0 Å². The number of hydrogen-bond acceptors (Lipinski definition) is 3. The van der Waals surface area contributed by atoms with Crippen LogP contribution in [0.5, 0.6) is 0 Å². The number of carbonyl (C=O) groups excluding carboxylic acids is 2. The minimum absolute atomic E-state index is 0.192. The molecule has 1 aliphatic heterocycles. The zero-order valence-corrected chi connectivity index (χ0v) is 13.4. The first-order valence-electron chi connectivity index (χ1n) is 7.33. The van der Waals surface area contributed by atoms with E-state index < -0.39 is 34.8 Å². The van der Waals surface area contributed by atoms with Gasteiger partial charge in [-0.2, -0.15) is 18.4 Å². The number of nitriles is 1. The summed E-state index contributed by atoms with van der Waals surface area (Å²) >= 11 is 0. The molecule has 5 nitrogen and oxygen atoms in total. The van der Waals surface area contributed by atoms with Crippen molar-refractivity contribution in [1.29, 1.82) is 5.26 Å². The number of rotatable bonds is 3. The molecule has 2 rings (SSSR count). The van der Waals surface area contributed by atoms with Gasteiger partial charge in [0.2, 0.25) is 0 Å². The van der Waals surface area contributed by atoms with Crippen molar-refractivity contribution < 1.29 is 22.8 Å². The molecule has 1 fully saturated rings. The topological polar surface area (TPSA) is 64.4 Å². The SMILES string of the molecule is CCCN1C(=O)N(c2ccc(C#N)c(C(F)(F)F)c2)C(=O)C1(C)C. The predicted molar refractivity (Wildman–Crippen MR) is 80.1 cm³/mol. The van der Waals surface area contributed by atoms with Gasteiger partial charge in [0, 0.05) is 6.54 Å². The summed E-state index contributed by atoms with van der Waals surface area (Å²) in [5, 5.41) is 8.83. The van der Waals surface area contributed by atoms with Gasteiger partial charge in [0.15, 0.2) is 0 Å². The Hall–Kier alpha value is -2.56. The molecule has 128 valence electrons. The number of carbonyl (C=O) groups is 2. The molecule has 1 saturated heterocycles. The molecule has 8 heteroatoms. The van der Waals surface area contributed by atoms with E-state index in [0.717, 1.165) is 11.0 Å². The molecule has 0 radical (unpaired) electrons. The molecular formula is C16H16F3N3O2. The minimum atomic E-state index is -4.76.